The van der Waals surface area contributed by atoms with Gasteiger partial charge in [-0.25, -0.2) is 0 Å². The quantitative estimate of drug-likeness (QED) is 0.853. The zero-order valence-electron chi connectivity index (χ0n) is 13.0. The van der Waals surface area contributed by atoms with Gasteiger partial charge in [-0.2, -0.15) is 0 Å². The van der Waals surface area contributed by atoms with Gasteiger partial charge in [-0.3, -0.25) is 4.79 Å². The first-order valence-corrected chi connectivity index (χ1v) is 7.24. The predicted octanol–water partition coefficient (Wildman–Crippen LogP) is 3.84. The number of carbonyl (C=O) groups is 1. The minimum absolute atomic E-state index is 0.0337. The van der Waals surface area contributed by atoms with E-state index in [1.54, 1.807) is 0 Å². The van der Waals surface area contributed by atoms with Crippen molar-refractivity contribution >= 4 is 6.47 Å². The molecule has 2 rings (SSSR count). The van der Waals surface area contributed by atoms with Gasteiger partial charge in [0.25, 0.3) is 6.47 Å². The van der Waals surface area contributed by atoms with Crippen molar-refractivity contribution in [1.82, 2.24) is 0 Å². The molecule has 0 fully saturated rings. The van der Waals surface area contributed by atoms with E-state index < -0.39 is 0 Å². The first-order valence-electron chi connectivity index (χ1n) is 7.24. The molecule has 0 unspecified atom stereocenters. The number of aromatic hydroxyl groups is 1. The number of phenols is 1. The Labute approximate surface area is 121 Å². The second-order valence-electron chi connectivity index (χ2n) is 6.97. The molecule has 3 nitrogen and oxygen atoms in total. The van der Waals surface area contributed by atoms with Crippen LogP contribution < -0.4 is 4.74 Å². The zero-order valence-corrected chi connectivity index (χ0v) is 13.0. The Hall–Kier alpha value is -1.51. The molecule has 0 bridgehead atoms. The molecule has 0 spiro atoms. The van der Waals surface area contributed by atoms with E-state index in [0.717, 1.165) is 30.4 Å². The Morgan fingerprint density at radius 1 is 1.25 bits per heavy atom. The molecule has 0 aliphatic heterocycles. The lowest BCUT2D eigenvalue weighted by Gasteiger charge is -2.42. The number of hydrogen-bond acceptors (Lipinski definition) is 3. The molecule has 0 amide bonds. The molecule has 1 N–H and O–H groups in total. The van der Waals surface area contributed by atoms with Crippen LogP contribution in [0, 0.1) is 0 Å². The molecular formula is C17H24O3. The lowest BCUT2D eigenvalue weighted by atomic mass is 9.62. The lowest BCUT2D eigenvalue weighted by Crippen LogP contribution is -2.34. The second kappa shape index (κ2) is 4.80. The largest absolute Gasteiger partial charge is 0.504 e. The van der Waals surface area contributed by atoms with E-state index in [-0.39, 0.29) is 16.6 Å². The van der Waals surface area contributed by atoms with Crippen LogP contribution in [0.2, 0.25) is 0 Å². The van der Waals surface area contributed by atoms with E-state index in [1.807, 2.05) is 6.92 Å². The van der Waals surface area contributed by atoms with E-state index in [2.05, 4.69) is 33.8 Å². The van der Waals surface area contributed by atoms with Crippen LogP contribution in [0.3, 0.4) is 0 Å². The van der Waals surface area contributed by atoms with E-state index in [1.165, 1.54) is 5.56 Å². The highest BCUT2D eigenvalue weighted by Crippen LogP contribution is 2.52. The van der Waals surface area contributed by atoms with Crippen molar-refractivity contribution in [2.75, 3.05) is 0 Å². The molecule has 0 radical (unpaired) electrons. The van der Waals surface area contributed by atoms with Crippen LogP contribution in [0.5, 0.6) is 11.5 Å². The van der Waals surface area contributed by atoms with Crippen LogP contribution in [0.1, 0.15) is 64.2 Å². The number of rotatable bonds is 3. The molecule has 0 heterocycles. The maximum absolute atomic E-state index is 10.7. The van der Waals surface area contributed by atoms with E-state index in [0.29, 0.717) is 12.2 Å². The predicted molar refractivity (Wildman–Crippen MR) is 79.5 cm³/mol. The van der Waals surface area contributed by atoms with Crippen molar-refractivity contribution in [3.8, 4) is 11.5 Å². The van der Waals surface area contributed by atoms with Gasteiger partial charge in [0.2, 0.25) is 0 Å². The molecule has 0 saturated heterocycles. The van der Waals surface area contributed by atoms with Gasteiger partial charge >= 0.3 is 0 Å². The van der Waals surface area contributed by atoms with Gasteiger partial charge < -0.3 is 9.84 Å². The SMILES string of the molecule is CCc1cc2c(c(O)c1OC=O)C(C)(C)CCC2(C)C. The number of fused-ring (bicyclic) bond motifs is 1. The number of benzene rings is 1. The van der Waals surface area contributed by atoms with Crippen molar-refractivity contribution in [2.24, 2.45) is 0 Å². The molecule has 110 valence electrons. The number of phenolic OH excluding ortho intramolecular Hbond substituents is 1. The van der Waals surface area contributed by atoms with Gasteiger partial charge in [0.05, 0.1) is 0 Å². The zero-order chi connectivity index (χ0) is 15.1. The number of hydrogen-bond donors (Lipinski definition) is 1. The molecule has 0 atom stereocenters. The summed E-state index contributed by atoms with van der Waals surface area (Å²) in [5.41, 5.74) is 2.93. The molecular weight excluding hydrogens is 252 g/mol. The number of aryl methyl sites for hydroxylation is 1. The highest BCUT2D eigenvalue weighted by molar-refractivity contribution is 5.63. The summed E-state index contributed by atoms with van der Waals surface area (Å²) in [6.07, 6.45) is 2.82. The van der Waals surface area contributed by atoms with Crippen molar-refractivity contribution in [1.29, 1.82) is 0 Å². The maximum atomic E-state index is 10.7. The van der Waals surface area contributed by atoms with Gasteiger partial charge in [0, 0.05) is 5.56 Å². The van der Waals surface area contributed by atoms with Crippen molar-refractivity contribution < 1.29 is 14.6 Å². The molecule has 20 heavy (non-hydrogen) atoms. The van der Waals surface area contributed by atoms with Crippen LogP contribution in [-0.2, 0) is 22.0 Å². The minimum atomic E-state index is -0.109. The fourth-order valence-corrected chi connectivity index (χ4v) is 3.25. The van der Waals surface area contributed by atoms with Crippen molar-refractivity contribution in [3.63, 3.8) is 0 Å². The molecule has 3 heteroatoms. The second-order valence-corrected chi connectivity index (χ2v) is 6.97. The fraction of sp³-hybridized carbons (Fsp3) is 0.588. The van der Waals surface area contributed by atoms with Gasteiger partial charge in [-0.15, -0.1) is 0 Å². The van der Waals surface area contributed by atoms with Crippen LogP contribution in [0.4, 0.5) is 0 Å². The summed E-state index contributed by atoms with van der Waals surface area (Å²) in [7, 11) is 0. The van der Waals surface area contributed by atoms with Crippen molar-refractivity contribution in [3.05, 3.63) is 22.8 Å². The average molecular weight is 276 g/mol. The highest BCUT2D eigenvalue weighted by atomic mass is 16.5. The summed E-state index contributed by atoms with van der Waals surface area (Å²) in [6.45, 7) is 11.1. The standard InChI is InChI=1S/C17H24O3/c1-6-11-9-12-13(14(19)15(11)20-10-18)17(4,5)8-7-16(12,2)3/h9-10,19H,6-8H2,1-5H3. The topological polar surface area (TPSA) is 46.5 Å². The fourth-order valence-electron chi connectivity index (χ4n) is 3.25. The Kier molecular flexibility index (Phi) is 3.57. The van der Waals surface area contributed by atoms with Gasteiger partial charge in [-0.1, -0.05) is 40.7 Å². The first-order chi connectivity index (χ1) is 9.24. The third kappa shape index (κ3) is 2.19. The minimum Gasteiger partial charge on any atom is -0.504 e. The summed E-state index contributed by atoms with van der Waals surface area (Å²) < 4.78 is 5.06. The summed E-state index contributed by atoms with van der Waals surface area (Å²) in [4.78, 5) is 10.7. The Morgan fingerprint density at radius 2 is 1.85 bits per heavy atom. The molecule has 0 saturated carbocycles. The number of carbonyl (C=O) groups excluding carboxylic acids is 1. The normalized spacial score (nSPS) is 19.2. The summed E-state index contributed by atoms with van der Waals surface area (Å²) in [6, 6.07) is 2.11. The van der Waals surface area contributed by atoms with E-state index >= 15 is 0 Å². The van der Waals surface area contributed by atoms with Crippen molar-refractivity contribution in [2.45, 2.75) is 64.7 Å². The molecule has 1 aromatic rings. The van der Waals surface area contributed by atoms with Crippen LogP contribution in [-0.4, -0.2) is 11.6 Å². The van der Waals surface area contributed by atoms with Crippen LogP contribution in [0.25, 0.3) is 0 Å². The maximum Gasteiger partial charge on any atom is 0.298 e. The Bertz CT molecular complexity index is 542. The third-order valence-electron chi connectivity index (χ3n) is 4.66. The summed E-state index contributed by atoms with van der Waals surface area (Å²) in [5, 5.41) is 10.7. The summed E-state index contributed by atoms with van der Waals surface area (Å²) in [5.74, 6) is 0.469. The Morgan fingerprint density at radius 3 is 2.40 bits per heavy atom. The molecule has 1 aliphatic carbocycles. The smallest absolute Gasteiger partial charge is 0.298 e. The average Bonchev–Trinajstić information content (AvgIpc) is 2.37. The molecule has 1 aliphatic rings. The van der Waals surface area contributed by atoms with Gasteiger partial charge in [-0.05, 0) is 41.2 Å². The summed E-state index contributed by atoms with van der Waals surface area (Å²) >= 11 is 0. The first kappa shape index (κ1) is 14.9. The van der Waals surface area contributed by atoms with Crippen LogP contribution in [0.15, 0.2) is 6.07 Å². The lowest BCUT2D eigenvalue weighted by molar-refractivity contribution is -0.120. The Balaban J connectivity index is 2.79. The molecule has 1 aromatic carbocycles. The number of ether oxygens (including phenoxy) is 1. The molecule has 0 aromatic heterocycles. The third-order valence-corrected chi connectivity index (χ3v) is 4.66. The van der Waals surface area contributed by atoms with E-state index in [9.17, 15) is 9.90 Å². The van der Waals surface area contributed by atoms with E-state index in [4.69, 9.17) is 4.74 Å². The van der Waals surface area contributed by atoms with Crippen LogP contribution >= 0.6 is 0 Å². The monoisotopic (exact) mass is 276 g/mol. The highest BCUT2D eigenvalue weighted by Gasteiger charge is 2.40. The van der Waals surface area contributed by atoms with Gasteiger partial charge in [0.1, 0.15) is 0 Å². The van der Waals surface area contributed by atoms with Gasteiger partial charge in [0.15, 0.2) is 11.5 Å².